The number of nitrogens with zero attached hydrogens (tertiary/aromatic N) is 8. The third-order valence-electron chi connectivity index (χ3n) is 2.89. The van der Waals surface area contributed by atoms with Crippen molar-refractivity contribution in [3.63, 3.8) is 0 Å². The summed E-state index contributed by atoms with van der Waals surface area (Å²) in [5.41, 5.74) is -2.18. The van der Waals surface area contributed by atoms with E-state index in [1.54, 1.807) is 0 Å². The topological polar surface area (TPSA) is 190 Å². The van der Waals surface area contributed by atoms with Crippen LogP contribution in [0.4, 0.5) is 0 Å². The molecule has 0 N–H and O–H groups in total. The van der Waals surface area contributed by atoms with Crippen molar-refractivity contribution >= 4 is 0 Å². The van der Waals surface area contributed by atoms with E-state index in [-0.39, 0.29) is 81.4 Å². The van der Waals surface area contributed by atoms with Gasteiger partial charge in [0.2, 0.25) is 0 Å². The zero-order chi connectivity index (χ0) is 18.3. The normalized spacial score (nSPS) is 9.85. The Morgan fingerprint density at radius 1 is 0.500 bits per heavy atom. The Kier molecular flexibility index (Phi) is 11.1. The third-order valence-corrected chi connectivity index (χ3v) is 2.89. The fourth-order valence-corrected chi connectivity index (χ4v) is 1.98. The molecule has 0 spiro atoms. The van der Waals surface area contributed by atoms with E-state index in [2.05, 4.69) is 0 Å². The molecule has 1 aliphatic carbocycles. The van der Waals surface area contributed by atoms with Gasteiger partial charge in [-0.05, 0) is 11.8 Å². The van der Waals surface area contributed by atoms with E-state index in [4.69, 9.17) is 42.1 Å². The predicted octanol–water partition coefficient (Wildman–Crippen LogP) is -4.76. The third kappa shape index (κ3) is 4.10. The molecule has 0 heterocycles. The van der Waals surface area contributed by atoms with Crippen LogP contribution in [0.25, 0.3) is 0 Å². The minimum Gasteiger partial charge on any atom is -0.266 e. The van der Waals surface area contributed by atoms with Crippen LogP contribution in [0.2, 0.25) is 0 Å². The summed E-state index contributed by atoms with van der Waals surface area (Å²) in [6.07, 6.45) is 0. The summed E-state index contributed by atoms with van der Waals surface area (Å²) in [5.74, 6) is -1.10. The van der Waals surface area contributed by atoms with E-state index in [9.17, 15) is 0 Å². The minimum atomic E-state index is -0.551. The van der Waals surface area contributed by atoms with Crippen molar-refractivity contribution in [1.29, 1.82) is 42.1 Å². The van der Waals surface area contributed by atoms with Crippen molar-refractivity contribution in [3.05, 3.63) is 45.3 Å². The molecule has 0 fully saturated rings. The Morgan fingerprint density at radius 2 is 0.731 bits per heavy atom. The second-order valence-electron chi connectivity index (χ2n) is 3.89. The molecule has 1 aliphatic rings. The average Bonchev–Trinajstić information content (AvgIpc) is 2.62. The molecule has 26 heavy (non-hydrogen) atoms. The molecule has 0 aromatic heterocycles. The fraction of sp³-hybridized carbons (Fsp3) is 0. The van der Waals surface area contributed by atoms with Gasteiger partial charge in [-0.25, -0.2) is 32.2 Å². The van der Waals surface area contributed by atoms with E-state index in [0.717, 1.165) is 0 Å². The minimum absolute atomic E-state index is 0. The molecule has 10 heteroatoms. The smallest absolute Gasteiger partial charge is 0.266 e. The SMILES string of the molecule is N#CC(C#N)=C1C(=C(C#N)C#N)C([C-](C#N)C#N)=C1[C-](C#N)C#N.[Na+].[Na+]. The van der Waals surface area contributed by atoms with Crippen LogP contribution in [0.15, 0.2) is 33.4 Å². The van der Waals surface area contributed by atoms with E-state index in [1.807, 2.05) is 0 Å². The summed E-state index contributed by atoms with van der Waals surface area (Å²) < 4.78 is 0. The number of nitriles is 8. The Labute approximate surface area is 193 Å². The van der Waals surface area contributed by atoms with Crippen molar-refractivity contribution in [2.45, 2.75) is 0 Å². The van der Waals surface area contributed by atoms with Gasteiger partial charge in [0.05, 0.1) is 35.4 Å². The van der Waals surface area contributed by atoms with Crippen molar-refractivity contribution in [2.75, 3.05) is 0 Å². The van der Waals surface area contributed by atoms with Crippen LogP contribution in [0.5, 0.6) is 0 Å². The average molecular weight is 350 g/mol. The van der Waals surface area contributed by atoms with Gasteiger partial charge in [0, 0.05) is 24.3 Å². The first-order chi connectivity index (χ1) is 11.6. The summed E-state index contributed by atoms with van der Waals surface area (Å²) in [6.45, 7) is 0. The zero-order valence-electron chi connectivity index (χ0n) is 13.6. The summed E-state index contributed by atoms with van der Waals surface area (Å²) in [4.78, 5) is 0. The van der Waals surface area contributed by atoms with Crippen LogP contribution in [0.3, 0.4) is 0 Å². The Hall–Kier alpha value is -3.12. The molecule has 0 aromatic rings. The van der Waals surface area contributed by atoms with Crippen molar-refractivity contribution in [3.8, 4) is 48.6 Å². The summed E-state index contributed by atoms with van der Waals surface area (Å²) >= 11 is 0. The molecular formula is C16N8Na2. The first-order valence-electron chi connectivity index (χ1n) is 5.79. The van der Waals surface area contributed by atoms with Crippen LogP contribution < -0.4 is 59.1 Å². The Balaban J connectivity index is 0. The van der Waals surface area contributed by atoms with Crippen molar-refractivity contribution in [2.24, 2.45) is 0 Å². The van der Waals surface area contributed by atoms with Crippen molar-refractivity contribution < 1.29 is 59.1 Å². The van der Waals surface area contributed by atoms with E-state index < -0.39 is 23.0 Å². The molecule has 1 rings (SSSR count). The number of allylic oxidation sites excluding steroid dienone is 6. The van der Waals surface area contributed by atoms with Gasteiger partial charge in [0.1, 0.15) is 0 Å². The predicted molar refractivity (Wildman–Crippen MR) is 72.5 cm³/mol. The van der Waals surface area contributed by atoms with Crippen LogP contribution >= 0.6 is 0 Å². The van der Waals surface area contributed by atoms with Gasteiger partial charge in [-0.2, -0.15) is 21.0 Å². The monoisotopic (exact) mass is 350 g/mol. The second kappa shape index (κ2) is 11.4. The van der Waals surface area contributed by atoms with E-state index in [1.165, 1.54) is 48.6 Å². The van der Waals surface area contributed by atoms with Gasteiger partial charge in [0.25, 0.3) is 0 Å². The molecule has 0 aromatic carbocycles. The number of hydrogen-bond donors (Lipinski definition) is 0. The molecule has 8 nitrogen and oxygen atoms in total. The molecule has 0 unspecified atom stereocenters. The van der Waals surface area contributed by atoms with Gasteiger partial charge >= 0.3 is 59.1 Å². The summed E-state index contributed by atoms with van der Waals surface area (Å²) in [5, 5.41) is 72.3. The fourth-order valence-electron chi connectivity index (χ4n) is 1.98. The molecule has 106 valence electrons. The van der Waals surface area contributed by atoms with Crippen LogP contribution in [0, 0.1) is 102 Å². The molecule has 0 bridgehead atoms. The largest absolute Gasteiger partial charge is 1.00 e. The van der Waals surface area contributed by atoms with Gasteiger partial charge < -0.3 is 0 Å². The van der Waals surface area contributed by atoms with E-state index in [0.29, 0.717) is 0 Å². The van der Waals surface area contributed by atoms with Crippen molar-refractivity contribution in [1.82, 2.24) is 0 Å². The standard InChI is InChI=1S/C16N8.2Na/c17-1-9(2-18)13-14(10(3-19)4-20)16(12(7-23)8-24)15(13)11(5-21)6-22;;/q-2;2*+1. The summed E-state index contributed by atoms with van der Waals surface area (Å²) in [7, 11) is 0. The quantitative estimate of drug-likeness (QED) is 0.269. The number of rotatable bonds is 2. The van der Waals surface area contributed by atoms with Gasteiger partial charge in [-0.1, -0.05) is 0 Å². The molecular weight excluding hydrogens is 350 g/mol. The molecule has 0 amide bonds. The number of hydrogen-bond acceptors (Lipinski definition) is 8. The molecule has 0 saturated heterocycles. The molecule has 0 aliphatic heterocycles. The first-order valence-corrected chi connectivity index (χ1v) is 5.79. The van der Waals surface area contributed by atoms with Crippen LogP contribution in [0.1, 0.15) is 0 Å². The van der Waals surface area contributed by atoms with E-state index >= 15 is 0 Å². The molecule has 0 saturated carbocycles. The maximum atomic E-state index is 9.04. The van der Waals surface area contributed by atoms with Gasteiger partial charge in [-0.3, -0.25) is 11.1 Å². The Bertz CT molecular complexity index is 907. The van der Waals surface area contributed by atoms with Crippen LogP contribution in [-0.2, 0) is 0 Å². The maximum Gasteiger partial charge on any atom is 1.00 e. The summed E-state index contributed by atoms with van der Waals surface area (Å²) in [6, 6.07) is 12.3. The molecule has 0 atom stereocenters. The second-order valence-corrected chi connectivity index (χ2v) is 3.89. The molecule has 0 radical (unpaired) electrons. The Morgan fingerprint density at radius 3 is 0.885 bits per heavy atom. The first kappa shape index (κ1) is 25.1. The maximum absolute atomic E-state index is 9.04. The van der Waals surface area contributed by atoms with Gasteiger partial charge in [0.15, 0.2) is 0 Å². The van der Waals surface area contributed by atoms with Crippen LogP contribution in [-0.4, -0.2) is 0 Å². The van der Waals surface area contributed by atoms with Gasteiger partial charge in [-0.15, -0.1) is 0 Å². The zero-order valence-corrected chi connectivity index (χ0v) is 17.6.